The van der Waals surface area contributed by atoms with E-state index in [1.54, 1.807) is 11.3 Å². The second-order valence-corrected chi connectivity index (χ2v) is 4.72. The van der Waals surface area contributed by atoms with E-state index >= 15 is 0 Å². The van der Waals surface area contributed by atoms with Crippen LogP contribution in [-0.4, -0.2) is 25.4 Å². The predicted molar refractivity (Wildman–Crippen MR) is 67.7 cm³/mol. The fourth-order valence-corrected chi connectivity index (χ4v) is 2.20. The molecule has 0 bridgehead atoms. The highest BCUT2D eigenvalue weighted by Gasteiger charge is 2.20. The lowest BCUT2D eigenvalue weighted by molar-refractivity contribution is -0.0548. The van der Waals surface area contributed by atoms with Crippen molar-refractivity contribution in [1.82, 2.24) is 0 Å². The summed E-state index contributed by atoms with van der Waals surface area (Å²) in [7, 11) is 0. The van der Waals surface area contributed by atoms with Crippen LogP contribution in [0.5, 0.6) is 0 Å². The largest absolute Gasteiger partial charge is 0.379 e. The third kappa shape index (κ3) is 4.22. The van der Waals surface area contributed by atoms with E-state index < -0.39 is 0 Å². The summed E-state index contributed by atoms with van der Waals surface area (Å²) in [6, 6.07) is 2.05. The smallest absolute Gasteiger partial charge is 0.0985 e. The minimum absolute atomic E-state index is 0.0151. The predicted octanol–water partition coefficient (Wildman–Crippen LogP) is 2.58. The van der Waals surface area contributed by atoms with Crippen LogP contribution in [-0.2, 0) is 9.47 Å². The molecule has 1 rings (SSSR count). The molecule has 3 atom stereocenters. The van der Waals surface area contributed by atoms with Gasteiger partial charge >= 0.3 is 0 Å². The van der Waals surface area contributed by atoms with Crippen molar-refractivity contribution >= 4 is 11.3 Å². The molecule has 0 aliphatic carbocycles. The van der Waals surface area contributed by atoms with Crippen LogP contribution >= 0.6 is 11.3 Å². The van der Waals surface area contributed by atoms with Crippen LogP contribution in [0.2, 0.25) is 0 Å². The molecule has 1 aromatic rings. The second-order valence-electron chi connectivity index (χ2n) is 3.94. The lowest BCUT2D eigenvalue weighted by Crippen LogP contribution is -2.30. The summed E-state index contributed by atoms with van der Waals surface area (Å²) in [5, 5.41) is 4.13. The molecule has 0 aliphatic heterocycles. The minimum Gasteiger partial charge on any atom is -0.379 e. The molecular formula is C12H21NO2S. The molecular weight excluding hydrogens is 222 g/mol. The normalized spacial score (nSPS) is 17.0. The quantitative estimate of drug-likeness (QED) is 0.800. The molecule has 2 N–H and O–H groups in total. The summed E-state index contributed by atoms with van der Waals surface area (Å²) in [4.78, 5) is 0. The van der Waals surface area contributed by atoms with E-state index in [0.29, 0.717) is 6.61 Å². The molecule has 0 aromatic carbocycles. The number of hydrogen-bond acceptors (Lipinski definition) is 4. The third-order valence-corrected chi connectivity index (χ3v) is 2.99. The molecule has 0 saturated carbocycles. The standard InChI is InChI=1S/C12H21NO2S/c1-4-14-7-9(2)15-12(10(3)13)11-5-6-16-8-11/h5-6,8-10,12H,4,7,13H2,1-3H3. The second kappa shape index (κ2) is 7.01. The molecule has 0 saturated heterocycles. The van der Waals surface area contributed by atoms with Crippen molar-refractivity contribution in [3.8, 4) is 0 Å². The van der Waals surface area contributed by atoms with E-state index in [1.807, 2.05) is 26.2 Å². The van der Waals surface area contributed by atoms with Crippen molar-refractivity contribution in [2.24, 2.45) is 5.73 Å². The Labute approximate surface area is 102 Å². The molecule has 0 fully saturated rings. The van der Waals surface area contributed by atoms with Crippen molar-refractivity contribution in [3.63, 3.8) is 0 Å². The Balaban J connectivity index is 2.52. The lowest BCUT2D eigenvalue weighted by Gasteiger charge is -2.24. The van der Waals surface area contributed by atoms with Crippen molar-refractivity contribution < 1.29 is 9.47 Å². The number of thiophene rings is 1. The Morgan fingerprint density at radius 3 is 2.69 bits per heavy atom. The first-order chi connectivity index (χ1) is 7.65. The summed E-state index contributed by atoms with van der Waals surface area (Å²) in [6.07, 6.45) is 0.0255. The Bertz CT molecular complexity index is 275. The molecule has 0 aliphatic rings. The van der Waals surface area contributed by atoms with Gasteiger partial charge in [-0.05, 0) is 43.2 Å². The fourth-order valence-electron chi connectivity index (χ4n) is 1.52. The summed E-state index contributed by atoms with van der Waals surface area (Å²) in [5.41, 5.74) is 7.10. The van der Waals surface area contributed by atoms with Crippen LogP contribution in [0.4, 0.5) is 0 Å². The zero-order chi connectivity index (χ0) is 12.0. The van der Waals surface area contributed by atoms with E-state index in [2.05, 4.69) is 11.4 Å². The monoisotopic (exact) mass is 243 g/mol. The van der Waals surface area contributed by atoms with Gasteiger partial charge in [-0.25, -0.2) is 0 Å². The van der Waals surface area contributed by atoms with Gasteiger partial charge < -0.3 is 15.2 Å². The van der Waals surface area contributed by atoms with E-state index in [-0.39, 0.29) is 18.2 Å². The molecule has 1 heterocycles. The van der Waals surface area contributed by atoms with Crippen molar-refractivity contribution in [3.05, 3.63) is 22.4 Å². The number of rotatable bonds is 7. The zero-order valence-corrected chi connectivity index (χ0v) is 11.0. The van der Waals surface area contributed by atoms with Gasteiger partial charge in [-0.3, -0.25) is 0 Å². The molecule has 0 radical (unpaired) electrons. The van der Waals surface area contributed by atoms with Crippen LogP contribution in [0.15, 0.2) is 16.8 Å². The SMILES string of the molecule is CCOCC(C)OC(c1ccsc1)C(C)N. The Morgan fingerprint density at radius 1 is 1.44 bits per heavy atom. The van der Waals surface area contributed by atoms with Crippen LogP contribution in [0.25, 0.3) is 0 Å². The van der Waals surface area contributed by atoms with Gasteiger partial charge in [-0.2, -0.15) is 11.3 Å². The summed E-state index contributed by atoms with van der Waals surface area (Å²) < 4.78 is 11.2. The number of ether oxygens (including phenoxy) is 2. The van der Waals surface area contributed by atoms with Crippen molar-refractivity contribution in [2.45, 2.75) is 39.0 Å². The minimum atomic E-state index is -0.0401. The van der Waals surface area contributed by atoms with Crippen LogP contribution in [0.3, 0.4) is 0 Å². The first-order valence-corrected chi connectivity index (χ1v) is 6.60. The van der Waals surface area contributed by atoms with Gasteiger partial charge in [0, 0.05) is 12.6 Å². The van der Waals surface area contributed by atoms with Gasteiger partial charge in [-0.1, -0.05) is 0 Å². The fraction of sp³-hybridized carbons (Fsp3) is 0.667. The van der Waals surface area contributed by atoms with Crippen LogP contribution < -0.4 is 5.73 Å². The molecule has 4 heteroatoms. The third-order valence-electron chi connectivity index (χ3n) is 2.28. The van der Waals surface area contributed by atoms with Gasteiger partial charge in [0.25, 0.3) is 0 Å². The molecule has 16 heavy (non-hydrogen) atoms. The average Bonchev–Trinajstić information content (AvgIpc) is 2.75. The maximum absolute atomic E-state index is 5.94. The van der Waals surface area contributed by atoms with Gasteiger partial charge in [-0.15, -0.1) is 0 Å². The summed E-state index contributed by atoms with van der Waals surface area (Å²) in [6.45, 7) is 7.29. The lowest BCUT2D eigenvalue weighted by atomic mass is 10.1. The topological polar surface area (TPSA) is 44.5 Å². The molecule has 92 valence electrons. The summed E-state index contributed by atoms with van der Waals surface area (Å²) in [5.74, 6) is 0. The number of nitrogens with two attached hydrogens (primary N) is 1. The molecule has 0 spiro atoms. The van der Waals surface area contributed by atoms with Crippen LogP contribution in [0.1, 0.15) is 32.4 Å². The average molecular weight is 243 g/mol. The van der Waals surface area contributed by atoms with E-state index in [9.17, 15) is 0 Å². The zero-order valence-electron chi connectivity index (χ0n) is 10.2. The Morgan fingerprint density at radius 2 is 2.19 bits per heavy atom. The summed E-state index contributed by atoms with van der Waals surface area (Å²) >= 11 is 1.66. The molecule has 0 amide bonds. The maximum Gasteiger partial charge on any atom is 0.0985 e. The highest BCUT2D eigenvalue weighted by molar-refractivity contribution is 7.07. The van der Waals surface area contributed by atoms with Crippen molar-refractivity contribution in [1.29, 1.82) is 0 Å². The van der Waals surface area contributed by atoms with Crippen molar-refractivity contribution in [2.75, 3.05) is 13.2 Å². The maximum atomic E-state index is 5.94. The van der Waals surface area contributed by atoms with Gasteiger partial charge in [0.15, 0.2) is 0 Å². The van der Waals surface area contributed by atoms with Gasteiger partial charge in [0.05, 0.1) is 18.8 Å². The highest BCUT2D eigenvalue weighted by Crippen LogP contribution is 2.24. The van der Waals surface area contributed by atoms with E-state index in [4.69, 9.17) is 15.2 Å². The molecule has 3 unspecified atom stereocenters. The Kier molecular flexibility index (Phi) is 5.98. The van der Waals surface area contributed by atoms with E-state index in [0.717, 1.165) is 12.2 Å². The Hall–Kier alpha value is -0.420. The van der Waals surface area contributed by atoms with Crippen LogP contribution in [0, 0.1) is 0 Å². The highest BCUT2D eigenvalue weighted by atomic mass is 32.1. The first-order valence-electron chi connectivity index (χ1n) is 5.66. The van der Waals surface area contributed by atoms with E-state index in [1.165, 1.54) is 0 Å². The molecule has 1 aromatic heterocycles. The van der Waals surface area contributed by atoms with Gasteiger partial charge in [0.1, 0.15) is 0 Å². The molecule has 3 nitrogen and oxygen atoms in total. The number of hydrogen-bond donors (Lipinski definition) is 1. The first kappa shape index (κ1) is 13.6. The van der Waals surface area contributed by atoms with Gasteiger partial charge in [0.2, 0.25) is 0 Å².